The summed E-state index contributed by atoms with van der Waals surface area (Å²) in [5, 5.41) is 0. The van der Waals surface area contributed by atoms with E-state index in [9.17, 15) is 13.2 Å². The number of alkyl halides is 3. The van der Waals surface area contributed by atoms with Crippen molar-refractivity contribution in [3.8, 4) is 0 Å². The van der Waals surface area contributed by atoms with Crippen molar-refractivity contribution in [1.29, 1.82) is 0 Å². The number of aryl methyl sites for hydroxylation is 1. The number of nitrogens with zero attached hydrogens (tertiary/aromatic N) is 4. The van der Waals surface area contributed by atoms with Crippen LogP contribution < -0.4 is 0 Å². The third-order valence-corrected chi connectivity index (χ3v) is 4.77. The Morgan fingerprint density at radius 2 is 2.04 bits per heavy atom. The fraction of sp³-hybridized carbons (Fsp3) is 0.263. The van der Waals surface area contributed by atoms with Gasteiger partial charge in [0.05, 0.1) is 12.2 Å². The first kappa shape index (κ1) is 16.6. The Hall–Kier alpha value is -2.83. The van der Waals surface area contributed by atoms with Crippen LogP contribution >= 0.6 is 0 Å². The quantitative estimate of drug-likeness (QED) is 0.716. The lowest BCUT2D eigenvalue weighted by Crippen LogP contribution is -2.29. The number of fused-ring (bicyclic) bond motifs is 3. The molecule has 2 aliphatic heterocycles. The number of rotatable bonds is 0. The Labute approximate surface area is 149 Å². The molecule has 0 radical (unpaired) electrons. The smallest absolute Gasteiger partial charge is 0.343 e. The molecular formula is C19H17F3N4. The summed E-state index contributed by atoms with van der Waals surface area (Å²) in [7, 11) is 0. The summed E-state index contributed by atoms with van der Waals surface area (Å²) in [6.45, 7) is 7.28. The highest BCUT2D eigenvalue weighted by molar-refractivity contribution is 6.01. The fourth-order valence-electron chi connectivity index (χ4n) is 3.42. The zero-order chi connectivity index (χ0) is 18.5. The highest BCUT2D eigenvalue weighted by Gasteiger charge is 2.34. The first-order valence-electron chi connectivity index (χ1n) is 8.26. The van der Waals surface area contributed by atoms with E-state index < -0.39 is 11.9 Å². The topological polar surface area (TPSA) is 33.4 Å². The van der Waals surface area contributed by atoms with Crippen LogP contribution in [0.5, 0.6) is 0 Å². The lowest BCUT2D eigenvalue weighted by molar-refractivity contribution is -0.140. The summed E-state index contributed by atoms with van der Waals surface area (Å²) >= 11 is 0. The van der Waals surface area contributed by atoms with E-state index in [-0.39, 0.29) is 0 Å². The van der Waals surface area contributed by atoms with E-state index >= 15 is 0 Å². The Morgan fingerprint density at radius 1 is 1.23 bits per heavy atom. The number of imidazole rings is 1. The molecule has 7 heteroatoms. The van der Waals surface area contributed by atoms with E-state index in [0.29, 0.717) is 12.4 Å². The van der Waals surface area contributed by atoms with Crippen molar-refractivity contribution < 1.29 is 13.2 Å². The molecule has 0 fully saturated rings. The molecule has 0 aliphatic carbocycles. The average Bonchev–Trinajstić information content (AvgIpc) is 3.02. The van der Waals surface area contributed by atoms with Gasteiger partial charge in [0.15, 0.2) is 5.69 Å². The number of hydrogen-bond donors (Lipinski definition) is 0. The molecule has 0 amide bonds. The Bertz CT molecular complexity index is 950. The van der Waals surface area contributed by atoms with Crippen molar-refractivity contribution >= 4 is 11.5 Å². The van der Waals surface area contributed by atoms with E-state index in [1.54, 1.807) is 0 Å². The highest BCUT2D eigenvalue weighted by atomic mass is 19.4. The largest absolute Gasteiger partial charge is 0.434 e. The lowest BCUT2D eigenvalue weighted by atomic mass is 9.92. The van der Waals surface area contributed by atoms with Gasteiger partial charge in [-0.1, -0.05) is 24.8 Å². The Kier molecular flexibility index (Phi) is 3.75. The first-order chi connectivity index (χ1) is 12.3. The van der Waals surface area contributed by atoms with Gasteiger partial charge < -0.3 is 4.90 Å². The molecule has 4 rings (SSSR count). The Morgan fingerprint density at radius 3 is 2.77 bits per heavy atom. The van der Waals surface area contributed by atoms with E-state index in [0.717, 1.165) is 42.4 Å². The summed E-state index contributed by atoms with van der Waals surface area (Å²) in [5.41, 5.74) is 4.35. The molecule has 0 bridgehead atoms. The summed E-state index contributed by atoms with van der Waals surface area (Å²) in [5.74, 6) is 0.418. The fourth-order valence-corrected chi connectivity index (χ4v) is 3.42. The predicted octanol–water partition coefficient (Wildman–Crippen LogP) is 3.88. The van der Waals surface area contributed by atoms with Crippen molar-refractivity contribution in [3.63, 3.8) is 0 Å². The van der Waals surface area contributed by atoms with Gasteiger partial charge in [-0.25, -0.2) is 4.98 Å². The number of halogens is 3. The number of aliphatic imine (C=N–C) groups is 1. The number of allylic oxidation sites excluding steroid dienone is 1. The van der Waals surface area contributed by atoms with Crippen LogP contribution in [0.4, 0.5) is 13.2 Å². The molecule has 0 saturated carbocycles. The maximum Gasteiger partial charge on any atom is 0.434 e. The van der Waals surface area contributed by atoms with Gasteiger partial charge in [-0.2, -0.15) is 13.2 Å². The van der Waals surface area contributed by atoms with Gasteiger partial charge in [-0.3, -0.25) is 9.56 Å². The average molecular weight is 358 g/mol. The molecule has 3 heterocycles. The maximum absolute atomic E-state index is 12.9. The molecule has 0 saturated heterocycles. The van der Waals surface area contributed by atoms with Crippen LogP contribution in [0.2, 0.25) is 0 Å². The molecule has 1 aromatic carbocycles. The van der Waals surface area contributed by atoms with Gasteiger partial charge in [0.1, 0.15) is 12.2 Å². The van der Waals surface area contributed by atoms with Crippen molar-refractivity contribution in [3.05, 3.63) is 71.5 Å². The summed E-state index contributed by atoms with van der Waals surface area (Å²) in [4.78, 5) is 10.0. The molecule has 2 aromatic rings. The second kappa shape index (κ2) is 5.86. The number of hydrogen-bond acceptors (Lipinski definition) is 3. The summed E-state index contributed by atoms with van der Waals surface area (Å²) < 4.78 is 39.9. The second-order valence-electron chi connectivity index (χ2n) is 6.44. The summed E-state index contributed by atoms with van der Waals surface area (Å²) in [6.07, 6.45) is 0.355. The zero-order valence-electron chi connectivity index (χ0n) is 14.2. The molecule has 0 unspecified atom stereocenters. The van der Waals surface area contributed by atoms with Crippen LogP contribution in [0, 0.1) is 6.92 Å². The van der Waals surface area contributed by atoms with Crippen LogP contribution in [0.1, 0.15) is 22.4 Å². The third-order valence-electron chi connectivity index (χ3n) is 4.77. The van der Waals surface area contributed by atoms with Crippen molar-refractivity contribution in [2.24, 2.45) is 4.99 Å². The lowest BCUT2D eigenvalue weighted by Gasteiger charge is -2.34. The normalized spacial score (nSPS) is 17.2. The highest BCUT2D eigenvalue weighted by Crippen LogP contribution is 2.34. The second-order valence-corrected chi connectivity index (χ2v) is 6.44. The van der Waals surface area contributed by atoms with Crippen LogP contribution in [0.3, 0.4) is 0 Å². The third kappa shape index (κ3) is 2.73. The molecular weight excluding hydrogens is 341 g/mol. The van der Waals surface area contributed by atoms with Gasteiger partial charge >= 0.3 is 6.18 Å². The monoisotopic (exact) mass is 358 g/mol. The molecule has 0 N–H and O–H groups in total. The molecule has 0 atom stereocenters. The van der Waals surface area contributed by atoms with Gasteiger partial charge in [-0.15, -0.1) is 0 Å². The minimum atomic E-state index is -4.48. The Balaban J connectivity index is 1.82. The van der Waals surface area contributed by atoms with Crippen LogP contribution in [0.25, 0.3) is 5.70 Å². The number of benzene rings is 1. The predicted molar refractivity (Wildman–Crippen MR) is 93.6 cm³/mol. The molecule has 134 valence electrons. The van der Waals surface area contributed by atoms with Gasteiger partial charge in [-0.05, 0) is 24.5 Å². The van der Waals surface area contributed by atoms with Gasteiger partial charge in [0.2, 0.25) is 0 Å². The van der Waals surface area contributed by atoms with Crippen LogP contribution in [-0.4, -0.2) is 33.4 Å². The molecule has 26 heavy (non-hydrogen) atoms. The summed E-state index contributed by atoms with van der Waals surface area (Å²) in [6, 6.07) is 6.09. The minimum absolute atomic E-state index is 0.329. The molecule has 4 nitrogen and oxygen atoms in total. The van der Waals surface area contributed by atoms with Crippen molar-refractivity contribution in [1.82, 2.24) is 14.5 Å². The van der Waals surface area contributed by atoms with Crippen molar-refractivity contribution in [2.45, 2.75) is 19.5 Å². The standard InChI is InChI=1S/C19H17F3N4/c1-12-4-3-5-15-14(12)6-7-26-13(2)9-23-18(8-16(15)26)25-10-17(24-11-25)19(20,21)22/h3-5,8,10-11H,2,6-7,9H2,1H3. The molecule has 1 aromatic heterocycles. The van der Waals surface area contributed by atoms with E-state index in [4.69, 9.17) is 0 Å². The van der Waals surface area contributed by atoms with Crippen LogP contribution in [0.15, 0.2) is 54.1 Å². The van der Waals surface area contributed by atoms with Gasteiger partial charge in [0.25, 0.3) is 0 Å². The van der Waals surface area contributed by atoms with Crippen molar-refractivity contribution in [2.75, 3.05) is 13.1 Å². The molecule has 0 spiro atoms. The van der Waals surface area contributed by atoms with E-state index in [1.165, 1.54) is 15.7 Å². The minimum Gasteiger partial charge on any atom is -0.343 e. The molecule has 2 aliphatic rings. The van der Waals surface area contributed by atoms with Gasteiger partial charge in [0, 0.05) is 30.1 Å². The first-order valence-corrected chi connectivity index (χ1v) is 8.26. The zero-order valence-corrected chi connectivity index (χ0v) is 14.2. The maximum atomic E-state index is 12.9. The SMILES string of the molecule is C=C1CN=C(n2cnc(C(F)(F)F)c2)C=C2c3cccc(C)c3CCN12. The van der Waals surface area contributed by atoms with E-state index in [1.807, 2.05) is 18.2 Å². The number of aromatic nitrogens is 2. The van der Waals surface area contributed by atoms with Crippen LogP contribution in [-0.2, 0) is 12.6 Å². The van der Waals surface area contributed by atoms with E-state index in [2.05, 4.69) is 34.4 Å².